The largest absolute Gasteiger partial charge is 0.289 e. The fraction of sp³-hybridized carbons (Fsp3) is 0.250. The Morgan fingerprint density at radius 2 is 1.22 bits per heavy atom. The van der Waals surface area contributed by atoms with Gasteiger partial charge in [0.15, 0.2) is 4.90 Å². The molecule has 0 aliphatic carbocycles. The lowest BCUT2D eigenvalue weighted by molar-refractivity contribution is -0.387. The van der Waals surface area contributed by atoms with Crippen LogP contribution in [0.1, 0.15) is 0 Å². The fourth-order valence-electron chi connectivity index (χ4n) is 2.86. The molecule has 11 heteroatoms. The third kappa shape index (κ3) is 3.72. The number of para-hydroxylation sites is 1. The van der Waals surface area contributed by atoms with Crippen LogP contribution >= 0.6 is 0 Å². The molecule has 1 aliphatic rings. The molecule has 1 fully saturated rings. The van der Waals surface area contributed by atoms with Gasteiger partial charge >= 0.3 is 0 Å². The van der Waals surface area contributed by atoms with Crippen LogP contribution in [-0.2, 0) is 20.0 Å². The predicted molar refractivity (Wildman–Crippen MR) is 97.1 cm³/mol. The van der Waals surface area contributed by atoms with Crippen LogP contribution in [-0.4, -0.2) is 56.5 Å². The van der Waals surface area contributed by atoms with Crippen molar-refractivity contribution in [3.8, 4) is 0 Å². The van der Waals surface area contributed by atoms with Gasteiger partial charge < -0.3 is 0 Å². The Balaban J connectivity index is 1.81. The number of piperazine rings is 1. The van der Waals surface area contributed by atoms with Gasteiger partial charge in [0.2, 0.25) is 20.0 Å². The highest BCUT2D eigenvalue weighted by molar-refractivity contribution is 7.89. The van der Waals surface area contributed by atoms with Crippen molar-refractivity contribution in [1.29, 1.82) is 0 Å². The first-order valence-electron chi connectivity index (χ1n) is 8.03. The second-order valence-corrected chi connectivity index (χ2v) is 9.69. The summed E-state index contributed by atoms with van der Waals surface area (Å²) in [5.74, 6) is 0. The molecule has 0 radical (unpaired) electrons. The molecule has 2 aromatic rings. The van der Waals surface area contributed by atoms with Crippen molar-refractivity contribution in [3.05, 3.63) is 64.7 Å². The molecule has 144 valence electrons. The molecule has 0 bridgehead atoms. The van der Waals surface area contributed by atoms with Gasteiger partial charge in [0.25, 0.3) is 5.69 Å². The van der Waals surface area contributed by atoms with Crippen LogP contribution in [0.4, 0.5) is 5.69 Å². The monoisotopic (exact) mass is 411 g/mol. The number of nitro groups is 1. The van der Waals surface area contributed by atoms with Crippen LogP contribution in [0.15, 0.2) is 64.4 Å². The standard InChI is InChI=1S/C16H17N3O6S2/c20-19(21)15-8-4-5-9-16(15)27(24,25)18-12-10-17(11-13-18)26(22,23)14-6-2-1-3-7-14/h1-9H,10-13H2. The molecule has 0 amide bonds. The molecular formula is C16H17N3O6S2. The SMILES string of the molecule is O=[N+]([O-])c1ccccc1S(=O)(=O)N1CCN(S(=O)(=O)c2ccccc2)CC1. The molecule has 0 N–H and O–H groups in total. The topological polar surface area (TPSA) is 118 Å². The maximum absolute atomic E-state index is 12.8. The summed E-state index contributed by atoms with van der Waals surface area (Å²) < 4.78 is 53.1. The normalized spacial score (nSPS) is 16.9. The van der Waals surface area contributed by atoms with Gasteiger partial charge in [0.1, 0.15) is 0 Å². The molecular weight excluding hydrogens is 394 g/mol. The number of rotatable bonds is 5. The highest BCUT2D eigenvalue weighted by atomic mass is 32.2. The predicted octanol–water partition coefficient (Wildman–Crippen LogP) is 1.29. The molecule has 9 nitrogen and oxygen atoms in total. The van der Waals surface area contributed by atoms with Crippen molar-refractivity contribution in [2.45, 2.75) is 9.79 Å². The average Bonchev–Trinajstić information content (AvgIpc) is 2.68. The van der Waals surface area contributed by atoms with E-state index in [1.54, 1.807) is 18.2 Å². The molecule has 1 aliphatic heterocycles. The Morgan fingerprint density at radius 3 is 1.78 bits per heavy atom. The lowest BCUT2D eigenvalue weighted by atomic mass is 10.3. The summed E-state index contributed by atoms with van der Waals surface area (Å²) in [5, 5.41) is 11.1. The number of hydrogen-bond donors (Lipinski definition) is 0. The van der Waals surface area contributed by atoms with Crippen molar-refractivity contribution >= 4 is 25.7 Å². The lowest BCUT2D eigenvalue weighted by Gasteiger charge is -2.33. The van der Waals surface area contributed by atoms with E-state index < -0.39 is 35.6 Å². The van der Waals surface area contributed by atoms with E-state index in [1.165, 1.54) is 34.6 Å². The Kier molecular flexibility index (Phi) is 5.29. The van der Waals surface area contributed by atoms with Crippen LogP contribution in [0.3, 0.4) is 0 Å². The third-order valence-electron chi connectivity index (χ3n) is 4.26. The molecule has 1 saturated heterocycles. The van der Waals surface area contributed by atoms with Gasteiger partial charge in [-0.25, -0.2) is 16.8 Å². The summed E-state index contributed by atoms with van der Waals surface area (Å²) in [6.45, 7) is -0.227. The van der Waals surface area contributed by atoms with Crippen molar-refractivity contribution in [1.82, 2.24) is 8.61 Å². The van der Waals surface area contributed by atoms with Gasteiger partial charge in [0.05, 0.1) is 9.82 Å². The number of hydrogen-bond acceptors (Lipinski definition) is 6. The first kappa shape index (κ1) is 19.4. The van der Waals surface area contributed by atoms with Crippen molar-refractivity contribution in [3.63, 3.8) is 0 Å². The van der Waals surface area contributed by atoms with Gasteiger partial charge in [-0.2, -0.15) is 8.61 Å². The van der Waals surface area contributed by atoms with Gasteiger partial charge in [0, 0.05) is 32.2 Å². The van der Waals surface area contributed by atoms with Gasteiger partial charge in [-0.05, 0) is 18.2 Å². The minimum absolute atomic E-state index is 0.0307. The summed E-state index contributed by atoms with van der Waals surface area (Å²) in [5.41, 5.74) is -0.503. The van der Waals surface area contributed by atoms with E-state index in [2.05, 4.69) is 0 Å². The van der Waals surface area contributed by atoms with E-state index in [9.17, 15) is 26.9 Å². The summed E-state index contributed by atoms with van der Waals surface area (Å²) in [6.07, 6.45) is 0. The van der Waals surface area contributed by atoms with Gasteiger partial charge in [-0.15, -0.1) is 0 Å². The number of benzene rings is 2. The fourth-order valence-corrected chi connectivity index (χ4v) is 5.88. The molecule has 3 rings (SSSR count). The van der Waals surface area contributed by atoms with E-state index in [0.29, 0.717) is 0 Å². The minimum Gasteiger partial charge on any atom is -0.258 e. The molecule has 0 atom stereocenters. The molecule has 27 heavy (non-hydrogen) atoms. The molecule has 0 spiro atoms. The van der Waals surface area contributed by atoms with Crippen LogP contribution in [0.25, 0.3) is 0 Å². The minimum atomic E-state index is -4.10. The van der Waals surface area contributed by atoms with E-state index in [4.69, 9.17) is 0 Å². The zero-order valence-corrected chi connectivity index (χ0v) is 15.8. The maximum Gasteiger partial charge on any atom is 0.289 e. The smallest absolute Gasteiger partial charge is 0.258 e. The zero-order chi connectivity index (χ0) is 19.7. The average molecular weight is 411 g/mol. The summed E-state index contributed by atoms with van der Waals surface area (Å²) in [6, 6.07) is 13.0. The van der Waals surface area contributed by atoms with E-state index in [0.717, 1.165) is 10.4 Å². The summed E-state index contributed by atoms with van der Waals surface area (Å²) in [7, 11) is -7.81. The van der Waals surface area contributed by atoms with E-state index in [1.807, 2.05) is 0 Å². The van der Waals surface area contributed by atoms with E-state index >= 15 is 0 Å². The Morgan fingerprint density at radius 1 is 0.741 bits per heavy atom. The number of nitro benzene ring substituents is 1. The zero-order valence-electron chi connectivity index (χ0n) is 14.1. The second-order valence-electron chi connectivity index (χ2n) is 5.85. The first-order valence-corrected chi connectivity index (χ1v) is 10.9. The highest BCUT2D eigenvalue weighted by Crippen LogP contribution is 2.27. The van der Waals surface area contributed by atoms with Gasteiger partial charge in [-0.1, -0.05) is 30.3 Å². The number of nitrogens with zero attached hydrogens (tertiary/aromatic N) is 3. The van der Waals surface area contributed by atoms with Gasteiger partial charge in [-0.3, -0.25) is 10.1 Å². The lowest BCUT2D eigenvalue weighted by Crippen LogP contribution is -2.50. The van der Waals surface area contributed by atoms with Crippen LogP contribution in [0.2, 0.25) is 0 Å². The highest BCUT2D eigenvalue weighted by Gasteiger charge is 2.36. The number of sulfonamides is 2. The molecule has 1 heterocycles. The molecule has 2 aromatic carbocycles. The summed E-state index contributed by atoms with van der Waals surface area (Å²) in [4.78, 5) is 10.1. The van der Waals surface area contributed by atoms with Crippen molar-refractivity contribution < 1.29 is 21.8 Å². The molecule has 0 aromatic heterocycles. The third-order valence-corrected chi connectivity index (χ3v) is 8.12. The molecule has 0 saturated carbocycles. The maximum atomic E-state index is 12.8. The van der Waals surface area contributed by atoms with Crippen LogP contribution in [0.5, 0.6) is 0 Å². The molecule has 0 unspecified atom stereocenters. The summed E-state index contributed by atoms with van der Waals surface area (Å²) >= 11 is 0. The first-order chi connectivity index (χ1) is 12.7. The Hall–Kier alpha value is -2.34. The van der Waals surface area contributed by atoms with Crippen molar-refractivity contribution in [2.24, 2.45) is 0 Å². The van der Waals surface area contributed by atoms with Crippen molar-refractivity contribution in [2.75, 3.05) is 26.2 Å². The van der Waals surface area contributed by atoms with Crippen LogP contribution in [0, 0.1) is 10.1 Å². The second kappa shape index (κ2) is 7.35. The quantitative estimate of drug-likeness (QED) is 0.540. The Labute approximate surface area is 157 Å². The Bertz CT molecular complexity index is 1050. The van der Waals surface area contributed by atoms with Crippen LogP contribution < -0.4 is 0 Å². The van der Waals surface area contributed by atoms with E-state index in [-0.39, 0.29) is 31.1 Å².